The Labute approximate surface area is 186 Å². The number of rotatable bonds is 10. The minimum atomic E-state index is 0. The number of aromatic nitrogens is 2. The van der Waals surface area contributed by atoms with E-state index in [-0.39, 0.29) is 29.4 Å². The van der Waals surface area contributed by atoms with Crippen LogP contribution in [-0.4, -0.2) is 35.7 Å². The second-order valence-electron chi connectivity index (χ2n) is 6.81. The van der Waals surface area contributed by atoms with Gasteiger partial charge in [-0.25, -0.2) is 0 Å². The molecule has 0 spiro atoms. The van der Waals surface area contributed by atoms with E-state index in [0.29, 0.717) is 11.7 Å². The first-order chi connectivity index (χ1) is 13.1. The van der Waals surface area contributed by atoms with Crippen molar-refractivity contribution in [1.29, 1.82) is 0 Å². The van der Waals surface area contributed by atoms with Crippen molar-refractivity contribution >= 4 is 29.9 Å². The van der Waals surface area contributed by atoms with Gasteiger partial charge in [-0.15, -0.1) is 24.0 Å². The summed E-state index contributed by atoms with van der Waals surface area (Å²) in [6.45, 7) is 10.8. The Morgan fingerprint density at radius 2 is 1.82 bits per heavy atom. The van der Waals surface area contributed by atoms with Crippen molar-refractivity contribution in [2.45, 2.75) is 58.8 Å². The van der Waals surface area contributed by atoms with Crippen molar-refractivity contribution in [1.82, 2.24) is 20.8 Å². The molecule has 0 aliphatic heterocycles. The minimum absolute atomic E-state index is 0. The van der Waals surface area contributed by atoms with E-state index in [1.165, 1.54) is 5.56 Å². The van der Waals surface area contributed by atoms with Crippen molar-refractivity contribution in [3.63, 3.8) is 0 Å². The van der Waals surface area contributed by atoms with E-state index < -0.39 is 0 Å². The SMILES string of the molecule is CCNC(=NCC(CC)(CC)c1ccccc1)NCCCc1nc(C)no1.I. The number of nitrogens with zero attached hydrogens (tertiary/aromatic N) is 3. The van der Waals surface area contributed by atoms with Crippen LogP contribution in [0, 0.1) is 6.92 Å². The lowest BCUT2D eigenvalue weighted by Gasteiger charge is -2.31. The molecule has 0 saturated heterocycles. The number of benzene rings is 1. The Hall–Kier alpha value is -1.64. The number of aryl methyl sites for hydroxylation is 2. The standard InChI is InChI=1S/C21H33N5O.HI/c1-5-21(6-2,18-12-9-8-10-13-18)16-24-20(22-7-3)23-15-11-14-19-25-17(4)26-27-19;/h8-10,12-13H,5-7,11,14-16H2,1-4H3,(H2,22,23,24);1H. The number of hydrogen-bond donors (Lipinski definition) is 2. The summed E-state index contributed by atoms with van der Waals surface area (Å²) < 4.78 is 5.15. The number of guanidine groups is 1. The molecule has 0 aliphatic rings. The maximum absolute atomic E-state index is 5.15. The summed E-state index contributed by atoms with van der Waals surface area (Å²) in [5.74, 6) is 2.24. The highest BCUT2D eigenvalue weighted by molar-refractivity contribution is 14.0. The molecule has 2 N–H and O–H groups in total. The lowest BCUT2D eigenvalue weighted by atomic mass is 9.76. The molecule has 0 amide bonds. The molecular formula is C21H34IN5O. The van der Waals surface area contributed by atoms with E-state index in [2.05, 4.69) is 71.9 Å². The van der Waals surface area contributed by atoms with Crippen LogP contribution in [-0.2, 0) is 11.8 Å². The first-order valence-electron chi connectivity index (χ1n) is 10.0. The molecule has 28 heavy (non-hydrogen) atoms. The highest BCUT2D eigenvalue weighted by atomic mass is 127. The van der Waals surface area contributed by atoms with E-state index in [1.54, 1.807) is 0 Å². The average molecular weight is 499 g/mol. The monoisotopic (exact) mass is 499 g/mol. The second-order valence-corrected chi connectivity index (χ2v) is 6.81. The molecule has 0 saturated carbocycles. The zero-order chi connectivity index (χ0) is 19.5. The zero-order valence-corrected chi connectivity index (χ0v) is 19.8. The van der Waals surface area contributed by atoms with Gasteiger partial charge in [0.15, 0.2) is 11.8 Å². The van der Waals surface area contributed by atoms with Gasteiger partial charge in [0.25, 0.3) is 0 Å². The quantitative estimate of drug-likeness (QED) is 0.221. The summed E-state index contributed by atoms with van der Waals surface area (Å²) in [7, 11) is 0. The molecule has 1 aromatic carbocycles. The second kappa shape index (κ2) is 12.7. The van der Waals surface area contributed by atoms with Gasteiger partial charge in [0.2, 0.25) is 5.89 Å². The van der Waals surface area contributed by atoms with Crippen molar-refractivity contribution in [2.75, 3.05) is 19.6 Å². The molecule has 2 aromatic rings. The van der Waals surface area contributed by atoms with Gasteiger partial charge in [-0.2, -0.15) is 4.98 Å². The summed E-state index contributed by atoms with van der Waals surface area (Å²) >= 11 is 0. The summed E-state index contributed by atoms with van der Waals surface area (Å²) in [6.07, 6.45) is 3.81. The Morgan fingerprint density at radius 3 is 2.39 bits per heavy atom. The van der Waals surface area contributed by atoms with E-state index in [4.69, 9.17) is 9.52 Å². The van der Waals surface area contributed by atoms with Gasteiger partial charge in [-0.1, -0.05) is 49.3 Å². The molecule has 0 aliphatic carbocycles. The third kappa shape index (κ3) is 7.07. The van der Waals surface area contributed by atoms with Gasteiger partial charge in [0.05, 0.1) is 6.54 Å². The van der Waals surface area contributed by atoms with Crippen LogP contribution in [0.4, 0.5) is 0 Å². The molecule has 156 valence electrons. The third-order valence-corrected chi connectivity index (χ3v) is 5.05. The van der Waals surface area contributed by atoms with Crippen LogP contribution in [0.3, 0.4) is 0 Å². The molecule has 6 nitrogen and oxygen atoms in total. The van der Waals surface area contributed by atoms with E-state index in [0.717, 1.165) is 51.3 Å². The predicted molar refractivity (Wildman–Crippen MR) is 125 cm³/mol. The number of halogens is 1. The van der Waals surface area contributed by atoms with Crippen molar-refractivity contribution < 1.29 is 4.52 Å². The Bertz CT molecular complexity index is 698. The fourth-order valence-corrected chi connectivity index (χ4v) is 3.22. The zero-order valence-electron chi connectivity index (χ0n) is 17.5. The van der Waals surface area contributed by atoms with Crippen LogP contribution >= 0.6 is 24.0 Å². The Kier molecular flexibility index (Phi) is 11.1. The maximum atomic E-state index is 5.15. The van der Waals surface area contributed by atoms with E-state index in [1.807, 2.05) is 6.92 Å². The molecule has 2 rings (SSSR count). The summed E-state index contributed by atoms with van der Waals surface area (Å²) in [5, 5.41) is 10.6. The number of hydrogen-bond acceptors (Lipinski definition) is 4. The smallest absolute Gasteiger partial charge is 0.226 e. The Balaban J connectivity index is 0.00000392. The third-order valence-electron chi connectivity index (χ3n) is 5.05. The lowest BCUT2D eigenvalue weighted by Crippen LogP contribution is -2.39. The number of aliphatic imine (C=N–C) groups is 1. The molecular weight excluding hydrogens is 465 g/mol. The Morgan fingerprint density at radius 1 is 1.11 bits per heavy atom. The van der Waals surface area contributed by atoms with Gasteiger partial charge >= 0.3 is 0 Å². The van der Waals surface area contributed by atoms with Crippen LogP contribution in [0.1, 0.15) is 57.3 Å². The molecule has 1 aromatic heterocycles. The van der Waals surface area contributed by atoms with Crippen LogP contribution in [0.2, 0.25) is 0 Å². The topological polar surface area (TPSA) is 75.3 Å². The largest absolute Gasteiger partial charge is 0.357 e. The first kappa shape index (κ1) is 24.4. The van der Waals surface area contributed by atoms with Gasteiger partial charge < -0.3 is 15.2 Å². The number of nitrogens with one attached hydrogen (secondary N) is 2. The predicted octanol–water partition coefficient (Wildman–Crippen LogP) is 4.24. The normalized spacial score (nSPS) is 11.8. The highest BCUT2D eigenvalue weighted by Crippen LogP contribution is 2.31. The van der Waals surface area contributed by atoms with Gasteiger partial charge in [0, 0.05) is 24.9 Å². The summed E-state index contributed by atoms with van der Waals surface area (Å²) in [4.78, 5) is 9.13. The van der Waals surface area contributed by atoms with E-state index >= 15 is 0 Å². The average Bonchev–Trinajstić information content (AvgIpc) is 3.12. The van der Waals surface area contributed by atoms with Gasteiger partial charge in [0.1, 0.15) is 0 Å². The van der Waals surface area contributed by atoms with Gasteiger partial charge in [-0.3, -0.25) is 4.99 Å². The first-order valence-corrected chi connectivity index (χ1v) is 10.0. The molecule has 1 heterocycles. The molecule has 0 radical (unpaired) electrons. The summed E-state index contributed by atoms with van der Waals surface area (Å²) in [6, 6.07) is 10.7. The molecule has 7 heteroatoms. The van der Waals surface area contributed by atoms with Crippen LogP contribution < -0.4 is 10.6 Å². The fourth-order valence-electron chi connectivity index (χ4n) is 3.22. The molecule has 0 fully saturated rings. The molecule has 0 unspecified atom stereocenters. The van der Waals surface area contributed by atoms with Crippen LogP contribution in [0.15, 0.2) is 39.8 Å². The fraction of sp³-hybridized carbons (Fsp3) is 0.571. The summed E-state index contributed by atoms with van der Waals surface area (Å²) in [5.41, 5.74) is 1.44. The lowest BCUT2D eigenvalue weighted by molar-refractivity contribution is 0.372. The molecule has 0 bridgehead atoms. The van der Waals surface area contributed by atoms with E-state index in [9.17, 15) is 0 Å². The molecule has 0 atom stereocenters. The van der Waals surface area contributed by atoms with Crippen molar-refractivity contribution in [3.8, 4) is 0 Å². The van der Waals surface area contributed by atoms with Crippen molar-refractivity contribution in [3.05, 3.63) is 47.6 Å². The van der Waals surface area contributed by atoms with Gasteiger partial charge in [-0.05, 0) is 38.7 Å². The van der Waals surface area contributed by atoms with Crippen molar-refractivity contribution in [2.24, 2.45) is 4.99 Å². The van der Waals surface area contributed by atoms with Crippen LogP contribution in [0.25, 0.3) is 0 Å². The van der Waals surface area contributed by atoms with Crippen LogP contribution in [0.5, 0.6) is 0 Å². The maximum Gasteiger partial charge on any atom is 0.226 e. The highest BCUT2D eigenvalue weighted by Gasteiger charge is 2.28. The minimum Gasteiger partial charge on any atom is -0.357 e.